The molecule has 2 aromatic rings. The van der Waals surface area contributed by atoms with E-state index in [-0.39, 0.29) is 36.1 Å². The molecule has 1 N–H and O–H groups in total. The van der Waals surface area contributed by atoms with Crippen LogP contribution >= 0.6 is 0 Å². The summed E-state index contributed by atoms with van der Waals surface area (Å²) in [6.45, 7) is 6.17. The lowest BCUT2D eigenvalue weighted by Gasteiger charge is -2.35. The van der Waals surface area contributed by atoms with E-state index < -0.39 is 0 Å². The summed E-state index contributed by atoms with van der Waals surface area (Å²) in [4.78, 5) is 25.9. The van der Waals surface area contributed by atoms with Gasteiger partial charge in [0.25, 0.3) is 0 Å². The first-order valence-corrected chi connectivity index (χ1v) is 10.8. The Morgan fingerprint density at radius 1 is 1.03 bits per heavy atom. The molecule has 1 aliphatic heterocycles. The number of ketones is 1. The minimum atomic E-state index is -0.250. The fraction of sp³-hybridized carbons (Fsp3) is 0.385. The molecule has 3 unspecified atom stereocenters. The van der Waals surface area contributed by atoms with Crippen LogP contribution in [0.3, 0.4) is 0 Å². The van der Waals surface area contributed by atoms with Gasteiger partial charge in [0, 0.05) is 35.6 Å². The number of nitrogens with one attached hydrogen (secondary N) is 1. The van der Waals surface area contributed by atoms with Gasteiger partial charge in [-0.15, -0.1) is 0 Å². The van der Waals surface area contributed by atoms with Crippen LogP contribution in [0.25, 0.3) is 0 Å². The maximum absolute atomic E-state index is 13.3. The van der Waals surface area contributed by atoms with Gasteiger partial charge in [-0.2, -0.15) is 0 Å². The highest BCUT2D eigenvalue weighted by Gasteiger charge is 2.39. The Morgan fingerprint density at radius 3 is 2.50 bits per heavy atom. The number of Topliss-reactive ketones (excluding diaryl/α,β-unsaturated/α-hetero) is 1. The second-order valence-electron chi connectivity index (χ2n) is 8.51. The predicted octanol–water partition coefficient (Wildman–Crippen LogP) is 5.18. The molecule has 0 spiro atoms. The Balaban J connectivity index is 1.70. The maximum atomic E-state index is 13.3. The standard InChI is InChI=1S/C26H29NO3/c1-4-17(3)30-24-8-6-5-7-20(24)21-15-25(29)27-22-13-19(14-23(28)26(21)22)18-11-9-16(2)10-12-18/h5-12,17,19,21H,4,13-15H2,1-3H3,(H,27,29). The number of benzene rings is 2. The third-order valence-electron chi connectivity index (χ3n) is 6.28. The molecule has 4 nitrogen and oxygen atoms in total. The van der Waals surface area contributed by atoms with Crippen LogP contribution in [-0.4, -0.2) is 17.8 Å². The van der Waals surface area contributed by atoms with Crippen LogP contribution in [0, 0.1) is 6.92 Å². The molecule has 2 aliphatic rings. The van der Waals surface area contributed by atoms with Crippen molar-refractivity contribution in [2.75, 3.05) is 0 Å². The van der Waals surface area contributed by atoms with Gasteiger partial charge < -0.3 is 10.1 Å². The van der Waals surface area contributed by atoms with Gasteiger partial charge in [0.2, 0.25) is 5.91 Å². The number of amides is 1. The molecule has 0 saturated carbocycles. The van der Waals surface area contributed by atoms with Crippen LogP contribution in [0.1, 0.15) is 68.1 Å². The molecule has 0 fully saturated rings. The van der Waals surface area contributed by atoms with E-state index in [1.807, 2.05) is 31.2 Å². The van der Waals surface area contributed by atoms with E-state index in [0.717, 1.165) is 34.6 Å². The predicted molar refractivity (Wildman–Crippen MR) is 118 cm³/mol. The van der Waals surface area contributed by atoms with Crippen molar-refractivity contribution in [2.24, 2.45) is 0 Å². The molecule has 156 valence electrons. The summed E-state index contributed by atoms with van der Waals surface area (Å²) in [6.07, 6.45) is 2.40. The summed E-state index contributed by atoms with van der Waals surface area (Å²) in [7, 11) is 0. The summed E-state index contributed by atoms with van der Waals surface area (Å²) in [6, 6.07) is 16.2. The lowest BCUT2D eigenvalue weighted by atomic mass is 9.73. The van der Waals surface area contributed by atoms with Crippen molar-refractivity contribution in [3.8, 4) is 5.75 Å². The molecule has 4 rings (SSSR count). The lowest BCUT2D eigenvalue weighted by molar-refractivity contribution is -0.122. The van der Waals surface area contributed by atoms with Gasteiger partial charge in [-0.25, -0.2) is 0 Å². The largest absolute Gasteiger partial charge is 0.490 e. The summed E-state index contributed by atoms with van der Waals surface area (Å²) in [5.41, 5.74) is 4.83. The first-order chi connectivity index (χ1) is 14.5. The highest BCUT2D eigenvalue weighted by molar-refractivity contribution is 6.02. The average molecular weight is 404 g/mol. The molecule has 3 atom stereocenters. The number of ether oxygens (including phenoxy) is 1. The number of hydrogen-bond donors (Lipinski definition) is 1. The smallest absolute Gasteiger partial charge is 0.225 e. The average Bonchev–Trinajstić information content (AvgIpc) is 2.73. The van der Waals surface area contributed by atoms with E-state index in [0.29, 0.717) is 12.8 Å². The van der Waals surface area contributed by atoms with Crippen LogP contribution in [0.2, 0.25) is 0 Å². The normalized spacial score (nSPS) is 22.4. The van der Waals surface area contributed by atoms with Crippen molar-refractivity contribution < 1.29 is 14.3 Å². The van der Waals surface area contributed by atoms with Gasteiger partial charge in [-0.05, 0) is 44.2 Å². The highest BCUT2D eigenvalue weighted by atomic mass is 16.5. The molecule has 1 amide bonds. The highest BCUT2D eigenvalue weighted by Crippen LogP contribution is 2.44. The lowest BCUT2D eigenvalue weighted by Crippen LogP contribution is -2.38. The van der Waals surface area contributed by atoms with Crippen molar-refractivity contribution in [2.45, 2.75) is 64.4 Å². The van der Waals surface area contributed by atoms with Gasteiger partial charge in [-0.3, -0.25) is 9.59 Å². The van der Waals surface area contributed by atoms with Crippen LogP contribution in [0.4, 0.5) is 0 Å². The Labute approximate surface area is 178 Å². The zero-order valence-electron chi connectivity index (χ0n) is 17.9. The van der Waals surface area contributed by atoms with E-state index in [9.17, 15) is 9.59 Å². The molecule has 0 bridgehead atoms. The van der Waals surface area contributed by atoms with Crippen molar-refractivity contribution >= 4 is 11.7 Å². The summed E-state index contributed by atoms with van der Waals surface area (Å²) in [5, 5.41) is 3.01. The number of para-hydroxylation sites is 1. The molecule has 1 aliphatic carbocycles. The second-order valence-corrected chi connectivity index (χ2v) is 8.51. The molecular weight excluding hydrogens is 374 g/mol. The summed E-state index contributed by atoms with van der Waals surface area (Å²) in [5.74, 6) is 0.717. The van der Waals surface area contributed by atoms with Gasteiger partial charge in [0.05, 0.1) is 6.10 Å². The van der Waals surface area contributed by atoms with Gasteiger partial charge in [0.15, 0.2) is 5.78 Å². The number of carbonyl (C=O) groups is 2. The second kappa shape index (κ2) is 8.47. The zero-order chi connectivity index (χ0) is 21.3. The van der Waals surface area contributed by atoms with Crippen molar-refractivity contribution in [3.63, 3.8) is 0 Å². The van der Waals surface area contributed by atoms with Crippen LogP contribution in [0.5, 0.6) is 5.75 Å². The molecule has 0 saturated heterocycles. The minimum absolute atomic E-state index is 0.0329. The molecule has 0 aromatic heterocycles. The van der Waals surface area contributed by atoms with Gasteiger partial charge >= 0.3 is 0 Å². The molecule has 0 radical (unpaired) electrons. The van der Waals surface area contributed by atoms with Crippen molar-refractivity contribution in [1.29, 1.82) is 0 Å². The Bertz CT molecular complexity index is 990. The van der Waals surface area contributed by atoms with E-state index in [1.54, 1.807) is 0 Å². The van der Waals surface area contributed by atoms with Crippen LogP contribution in [0.15, 0.2) is 59.8 Å². The van der Waals surface area contributed by atoms with E-state index in [2.05, 4.69) is 43.4 Å². The summed E-state index contributed by atoms with van der Waals surface area (Å²) >= 11 is 0. The first kappa shape index (κ1) is 20.4. The van der Waals surface area contributed by atoms with E-state index in [1.165, 1.54) is 5.56 Å². The van der Waals surface area contributed by atoms with E-state index >= 15 is 0 Å². The first-order valence-electron chi connectivity index (χ1n) is 10.8. The Kier molecular flexibility index (Phi) is 5.76. The van der Waals surface area contributed by atoms with E-state index in [4.69, 9.17) is 4.74 Å². The van der Waals surface area contributed by atoms with Gasteiger partial charge in [0.1, 0.15) is 5.75 Å². The topological polar surface area (TPSA) is 55.4 Å². The monoisotopic (exact) mass is 403 g/mol. The Hall–Kier alpha value is -2.88. The molecular formula is C26H29NO3. The number of hydrogen-bond acceptors (Lipinski definition) is 3. The number of aryl methyl sites for hydroxylation is 1. The number of rotatable bonds is 5. The summed E-state index contributed by atoms with van der Waals surface area (Å²) < 4.78 is 6.13. The number of allylic oxidation sites excluding steroid dienone is 2. The van der Waals surface area contributed by atoms with Gasteiger partial charge in [-0.1, -0.05) is 55.0 Å². The molecule has 4 heteroatoms. The van der Waals surface area contributed by atoms with Crippen LogP contribution < -0.4 is 10.1 Å². The molecule has 2 aromatic carbocycles. The van der Waals surface area contributed by atoms with Crippen molar-refractivity contribution in [1.82, 2.24) is 5.32 Å². The fourth-order valence-electron chi connectivity index (χ4n) is 4.48. The third-order valence-corrected chi connectivity index (χ3v) is 6.28. The third kappa shape index (κ3) is 4.04. The Morgan fingerprint density at radius 2 is 1.77 bits per heavy atom. The van der Waals surface area contributed by atoms with Crippen molar-refractivity contribution in [3.05, 3.63) is 76.5 Å². The quantitative estimate of drug-likeness (QED) is 0.749. The molecule has 1 heterocycles. The van der Waals surface area contributed by atoms with Crippen LogP contribution in [-0.2, 0) is 9.59 Å². The zero-order valence-corrected chi connectivity index (χ0v) is 17.9. The number of carbonyl (C=O) groups excluding carboxylic acids is 2. The molecule has 30 heavy (non-hydrogen) atoms. The fourth-order valence-corrected chi connectivity index (χ4v) is 4.48. The minimum Gasteiger partial charge on any atom is -0.490 e. The SMILES string of the molecule is CCC(C)Oc1ccccc1C1CC(=O)NC2=C1C(=O)CC(c1ccc(C)cc1)C2. The maximum Gasteiger partial charge on any atom is 0.225 e.